The fraction of sp³-hybridized carbons (Fsp3) is 0.0769. The number of hydrogen-bond acceptors (Lipinski definition) is 3. The number of thiophene rings is 1. The molecule has 3 heteroatoms. The van der Waals surface area contributed by atoms with Crippen LogP contribution >= 0.6 is 11.3 Å². The van der Waals surface area contributed by atoms with Gasteiger partial charge in [-0.05, 0) is 55.0 Å². The van der Waals surface area contributed by atoms with Gasteiger partial charge in [-0.25, -0.2) is 0 Å². The van der Waals surface area contributed by atoms with Gasteiger partial charge >= 0.3 is 0 Å². The molecule has 6 rings (SSSR count). The maximum Gasteiger partial charge on any atom is 0.137 e. The van der Waals surface area contributed by atoms with E-state index in [0.29, 0.717) is 0 Å². The van der Waals surface area contributed by atoms with Crippen molar-refractivity contribution in [2.45, 2.75) is 6.92 Å². The Morgan fingerprint density at radius 2 is 1.34 bits per heavy atom. The third kappa shape index (κ3) is 2.55. The second-order valence-electron chi connectivity index (χ2n) is 7.62. The summed E-state index contributed by atoms with van der Waals surface area (Å²) in [6, 6.07) is 28.2. The van der Waals surface area contributed by atoms with E-state index in [2.05, 4.69) is 97.7 Å². The van der Waals surface area contributed by atoms with Crippen molar-refractivity contribution in [2.24, 2.45) is 0 Å². The molecule has 0 amide bonds. The van der Waals surface area contributed by atoms with E-state index in [1.54, 1.807) is 0 Å². The van der Waals surface area contributed by atoms with E-state index in [9.17, 15) is 0 Å². The van der Waals surface area contributed by atoms with Crippen LogP contribution in [0.4, 0.5) is 11.4 Å². The van der Waals surface area contributed by atoms with E-state index in [1.807, 2.05) is 11.3 Å². The molecule has 2 heterocycles. The molecular weight excluding hydrogens is 374 g/mol. The zero-order valence-corrected chi connectivity index (χ0v) is 17.1. The fourth-order valence-electron chi connectivity index (χ4n) is 4.15. The molecule has 2 aromatic heterocycles. The van der Waals surface area contributed by atoms with Gasteiger partial charge in [0.15, 0.2) is 0 Å². The van der Waals surface area contributed by atoms with Crippen molar-refractivity contribution < 1.29 is 4.42 Å². The first kappa shape index (κ1) is 16.6. The van der Waals surface area contributed by atoms with Gasteiger partial charge in [-0.15, -0.1) is 11.3 Å². The monoisotopic (exact) mass is 393 g/mol. The molecule has 0 bridgehead atoms. The number of anilines is 2. The average molecular weight is 394 g/mol. The molecule has 0 aliphatic rings. The van der Waals surface area contributed by atoms with Crippen molar-refractivity contribution >= 4 is 64.8 Å². The first-order valence-corrected chi connectivity index (χ1v) is 10.6. The van der Waals surface area contributed by atoms with Gasteiger partial charge in [-0.3, -0.25) is 0 Å². The van der Waals surface area contributed by atoms with Crippen LogP contribution in [0.3, 0.4) is 0 Å². The van der Waals surface area contributed by atoms with E-state index in [4.69, 9.17) is 4.42 Å². The van der Waals surface area contributed by atoms with Gasteiger partial charge in [0.1, 0.15) is 11.2 Å². The largest absolute Gasteiger partial charge is 0.456 e. The molecular formula is C26H19NOS. The van der Waals surface area contributed by atoms with Gasteiger partial charge in [0.2, 0.25) is 0 Å². The highest BCUT2D eigenvalue weighted by Crippen LogP contribution is 2.38. The number of rotatable bonds is 2. The molecule has 0 aliphatic heterocycles. The van der Waals surface area contributed by atoms with Crippen LogP contribution in [0, 0.1) is 6.92 Å². The van der Waals surface area contributed by atoms with Crippen LogP contribution in [0.15, 0.2) is 83.3 Å². The molecule has 0 radical (unpaired) electrons. The SMILES string of the molecule is Cc1ccc2c(c1)oc1cc(N(C)c3ccc4sc5ccccc5c4c3)ccc12. The fourth-order valence-corrected chi connectivity index (χ4v) is 5.24. The number of hydrogen-bond donors (Lipinski definition) is 0. The minimum atomic E-state index is 0.928. The maximum atomic E-state index is 6.15. The van der Waals surface area contributed by atoms with Crippen molar-refractivity contribution in [3.63, 3.8) is 0 Å². The van der Waals surface area contributed by atoms with E-state index < -0.39 is 0 Å². The Bertz CT molecular complexity index is 1540. The Kier molecular flexibility index (Phi) is 3.50. The summed E-state index contributed by atoms with van der Waals surface area (Å²) in [5, 5.41) is 4.98. The molecule has 0 saturated carbocycles. The van der Waals surface area contributed by atoms with Crippen LogP contribution in [0.2, 0.25) is 0 Å². The van der Waals surface area contributed by atoms with E-state index in [1.165, 1.54) is 36.8 Å². The highest BCUT2D eigenvalue weighted by Gasteiger charge is 2.12. The summed E-state index contributed by atoms with van der Waals surface area (Å²) >= 11 is 1.85. The Morgan fingerprint density at radius 1 is 0.655 bits per heavy atom. The predicted molar refractivity (Wildman–Crippen MR) is 126 cm³/mol. The molecule has 0 spiro atoms. The number of benzene rings is 4. The summed E-state index contributed by atoms with van der Waals surface area (Å²) < 4.78 is 8.81. The summed E-state index contributed by atoms with van der Waals surface area (Å²) in [5.74, 6) is 0. The molecule has 0 atom stereocenters. The van der Waals surface area contributed by atoms with Crippen LogP contribution in [0.25, 0.3) is 42.1 Å². The molecule has 29 heavy (non-hydrogen) atoms. The topological polar surface area (TPSA) is 16.4 Å². The molecule has 4 aromatic carbocycles. The summed E-state index contributed by atoms with van der Waals surface area (Å²) in [6.45, 7) is 2.09. The van der Waals surface area contributed by atoms with Crippen molar-refractivity contribution in [3.8, 4) is 0 Å². The molecule has 0 aliphatic carbocycles. The van der Waals surface area contributed by atoms with Crippen LogP contribution in [0.5, 0.6) is 0 Å². The van der Waals surface area contributed by atoms with Crippen LogP contribution < -0.4 is 4.90 Å². The third-order valence-corrected chi connectivity index (χ3v) is 6.90. The summed E-state index contributed by atoms with van der Waals surface area (Å²) in [4.78, 5) is 2.23. The van der Waals surface area contributed by atoms with Crippen molar-refractivity contribution in [1.29, 1.82) is 0 Å². The quantitative estimate of drug-likeness (QED) is 0.296. The highest BCUT2D eigenvalue weighted by molar-refractivity contribution is 7.25. The number of fused-ring (bicyclic) bond motifs is 6. The number of aryl methyl sites for hydroxylation is 1. The smallest absolute Gasteiger partial charge is 0.137 e. The minimum absolute atomic E-state index is 0.928. The van der Waals surface area contributed by atoms with Gasteiger partial charge in [0, 0.05) is 55.4 Å². The summed E-state index contributed by atoms with van der Waals surface area (Å²) in [7, 11) is 2.11. The highest BCUT2D eigenvalue weighted by atomic mass is 32.1. The zero-order valence-electron chi connectivity index (χ0n) is 16.3. The van der Waals surface area contributed by atoms with Gasteiger partial charge in [-0.2, -0.15) is 0 Å². The Hall–Kier alpha value is -3.30. The minimum Gasteiger partial charge on any atom is -0.456 e. The second kappa shape index (κ2) is 6.10. The molecule has 140 valence electrons. The van der Waals surface area contributed by atoms with Crippen molar-refractivity contribution in [1.82, 2.24) is 0 Å². The first-order valence-electron chi connectivity index (χ1n) is 9.75. The summed E-state index contributed by atoms with van der Waals surface area (Å²) in [5.41, 5.74) is 5.38. The van der Waals surface area contributed by atoms with Crippen LogP contribution in [0.1, 0.15) is 5.56 Å². The lowest BCUT2D eigenvalue weighted by atomic mass is 10.1. The zero-order chi connectivity index (χ0) is 19.5. The number of furan rings is 1. The Balaban J connectivity index is 1.47. The number of nitrogens with zero attached hydrogens (tertiary/aromatic N) is 1. The van der Waals surface area contributed by atoms with Crippen LogP contribution in [-0.2, 0) is 0 Å². The maximum absolute atomic E-state index is 6.15. The summed E-state index contributed by atoms with van der Waals surface area (Å²) in [6.07, 6.45) is 0. The third-order valence-electron chi connectivity index (χ3n) is 5.75. The standard InChI is InChI=1S/C26H19NOS/c1-16-7-10-19-20-11-8-18(15-24(20)28-23(19)13-16)27(2)17-9-12-26-22(14-17)21-5-3-4-6-25(21)29-26/h3-15H,1-2H3. The lowest BCUT2D eigenvalue weighted by molar-refractivity contribution is 0.668. The van der Waals surface area contributed by atoms with Gasteiger partial charge < -0.3 is 9.32 Å². The molecule has 0 saturated heterocycles. The predicted octanol–water partition coefficient (Wildman–Crippen LogP) is 8.03. The van der Waals surface area contributed by atoms with Crippen LogP contribution in [-0.4, -0.2) is 7.05 Å². The van der Waals surface area contributed by atoms with Gasteiger partial charge in [-0.1, -0.05) is 30.3 Å². The molecule has 2 nitrogen and oxygen atoms in total. The second-order valence-corrected chi connectivity index (χ2v) is 8.70. The lowest BCUT2D eigenvalue weighted by Crippen LogP contribution is -2.08. The van der Waals surface area contributed by atoms with Crippen molar-refractivity contribution in [2.75, 3.05) is 11.9 Å². The lowest BCUT2D eigenvalue weighted by Gasteiger charge is -2.19. The van der Waals surface area contributed by atoms with Gasteiger partial charge in [0.25, 0.3) is 0 Å². The molecule has 0 N–H and O–H groups in total. The average Bonchev–Trinajstić information content (AvgIpc) is 3.29. The molecule has 0 unspecified atom stereocenters. The Labute approximate surface area is 172 Å². The van der Waals surface area contributed by atoms with E-state index in [0.717, 1.165) is 22.2 Å². The molecule has 6 aromatic rings. The van der Waals surface area contributed by atoms with Gasteiger partial charge in [0.05, 0.1) is 0 Å². The van der Waals surface area contributed by atoms with Crippen molar-refractivity contribution in [3.05, 3.63) is 84.4 Å². The molecule has 0 fully saturated rings. The normalized spacial score (nSPS) is 11.8. The van der Waals surface area contributed by atoms with E-state index in [-0.39, 0.29) is 0 Å². The Morgan fingerprint density at radius 3 is 2.24 bits per heavy atom. The first-order chi connectivity index (χ1) is 14.2. The van der Waals surface area contributed by atoms with E-state index >= 15 is 0 Å².